The predicted octanol–water partition coefficient (Wildman–Crippen LogP) is 3.60. The van der Waals surface area contributed by atoms with Gasteiger partial charge < -0.3 is 14.6 Å². The van der Waals surface area contributed by atoms with Crippen molar-refractivity contribution < 1.29 is 14.6 Å². The Morgan fingerprint density at radius 3 is 2.64 bits per heavy atom. The van der Waals surface area contributed by atoms with Crippen molar-refractivity contribution in [1.29, 1.82) is 0 Å². The Morgan fingerprint density at radius 2 is 1.91 bits per heavy atom. The summed E-state index contributed by atoms with van der Waals surface area (Å²) in [7, 11) is 0. The van der Waals surface area contributed by atoms with Crippen molar-refractivity contribution in [3.05, 3.63) is 70.9 Å². The third kappa shape index (κ3) is 2.24. The van der Waals surface area contributed by atoms with Crippen LogP contribution in [0.25, 0.3) is 22.3 Å². The molecule has 0 saturated carbocycles. The van der Waals surface area contributed by atoms with Gasteiger partial charge in [-0.1, -0.05) is 18.2 Å². The van der Waals surface area contributed by atoms with Gasteiger partial charge in [0.1, 0.15) is 22.8 Å². The highest BCUT2D eigenvalue weighted by Gasteiger charge is 2.17. The highest BCUT2D eigenvalue weighted by Crippen LogP contribution is 2.33. The summed E-state index contributed by atoms with van der Waals surface area (Å²) in [6.45, 7) is 3.67. The number of hydrogen-bond acceptors (Lipinski definition) is 4. The van der Waals surface area contributed by atoms with Crippen molar-refractivity contribution in [2.75, 3.05) is 0 Å². The Labute approximate surface area is 126 Å². The lowest BCUT2D eigenvalue weighted by atomic mass is 10.0. The van der Waals surface area contributed by atoms with Crippen molar-refractivity contribution >= 4 is 11.0 Å². The molecular weight excluding hydrogens is 280 g/mol. The van der Waals surface area contributed by atoms with E-state index in [1.807, 2.05) is 0 Å². The molecule has 0 saturated heterocycles. The summed E-state index contributed by atoms with van der Waals surface area (Å²) in [5, 5.41) is 20.0. The fraction of sp³-hybridized carbons (Fsp3) is 0.0556. The molecule has 1 heterocycles. The standard InChI is InChI=1S/C18H14O4/c1-2-5-14-17(21)13-9-8-11(19)10-16(13)22-18(14)12-6-3-4-7-15(12)20/h2-4,6-10,19-20H,1,5H2. The average Bonchev–Trinajstić information content (AvgIpc) is 2.50. The topological polar surface area (TPSA) is 70.7 Å². The number of phenolic OH excluding ortho intramolecular Hbond substituents is 2. The van der Waals surface area contributed by atoms with E-state index < -0.39 is 0 Å². The molecule has 2 N–H and O–H groups in total. The van der Waals surface area contributed by atoms with Crippen LogP contribution in [0.3, 0.4) is 0 Å². The normalized spacial score (nSPS) is 10.7. The summed E-state index contributed by atoms with van der Waals surface area (Å²) in [5.41, 5.74) is 0.937. The summed E-state index contributed by atoms with van der Waals surface area (Å²) < 4.78 is 5.81. The first-order valence-corrected chi connectivity index (χ1v) is 6.80. The first-order valence-electron chi connectivity index (χ1n) is 6.80. The van der Waals surface area contributed by atoms with Gasteiger partial charge in [0.15, 0.2) is 5.43 Å². The third-order valence-corrected chi connectivity index (χ3v) is 3.47. The molecule has 4 nitrogen and oxygen atoms in total. The number of phenols is 2. The summed E-state index contributed by atoms with van der Waals surface area (Å²) in [6.07, 6.45) is 1.94. The quantitative estimate of drug-likeness (QED) is 0.724. The maximum absolute atomic E-state index is 12.7. The third-order valence-electron chi connectivity index (χ3n) is 3.47. The minimum atomic E-state index is -0.195. The van der Waals surface area contributed by atoms with Gasteiger partial charge in [0, 0.05) is 11.6 Å². The van der Waals surface area contributed by atoms with Gasteiger partial charge in [-0.25, -0.2) is 0 Å². The van der Waals surface area contributed by atoms with Gasteiger partial charge in [-0.05, 0) is 30.7 Å². The Kier molecular flexibility index (Phi) is 3.43. The van der Waals surface area contributed by atoms with Crippen molar-refractivity contribution in [3.63, 3.8) is 0 Å². The highest BCUT2D eigenvalue weighted by atomic mass is 16.3. The van der Waals surface area contributed by atoms with Crippen LogP contribution in [-0.2, 0) is 6.42 Å². The van der Waals surface area contributed by atoms with Crippen LogP contribution in [0.15, 0.2) is 64.3 Å². The predicted molar refractivity (Wildman–Crippen MR) is 85.2 cm³/mol. The number of rotatable bonds is 3. The van der Waals surface area contributed by atoms with Gasteiger partial charge in [0.05, 0.1) is 10.9 Å². The number of para-hydroxylation sites is 1. The minimum absolute atomic E-state index is 0.00959. The maximum Gasteiger partial charge on any atom is 0.196 e. The SMILES string of the molecule is C=CCc1c(-c2ccccc2O)oc2cc(O)ccc2c1=O. The molecule has 0 aliphatic carbocycles. The zero-order valence-electron chi connectivity index (χ0n) is 11.7. The molecule has 0 radical (unpaired) electrons. The van der Waals surface area contributed by atoms with E-state index in [4.69, 9.17) is 4.42 Å². The Bertz CT molecular complexity index is 922. The molecule has 2 aromatic carbocycles. The fourth-order valence-corrected chi connectivity index (χ4v) is 2.43. The summed E-state index contributed by atoms with van der Waals surface area (Å²) in [4.78, 5) is 12.7. The van der Waals surface area contributed by atoms with Crippen LogP contribution in [0.4, 0.5) is 0 Å². The number of benzene rings is 2. The zero-order chi connectivity index (χ0) is 15.7. The molecule has 1 aromatic heterocycles. The van der Waals surface area contributed by atoms with Crippen LogP contribution in [0, 0.1) is 0 Å². The van der Waals surface area contributed by atoms with E-state index >= 15 is 0 Å². The van der Waals surface area contributed by atoms with E-state index in [9.17, 15) is 15.0 Å². The van der Waals surface area contributed by atoms with Crippen LogP contribution in [-0.4, -0.2) is 10.2 Å². The summed E-state index contributed by atoms with van der Waals surface area (Å²) in [6, 6.07) is 11.0. The number of fused-ring (bicyclic) bond motifs is 1. The van der Waals surface area contributed by atoms with Gasteiger partial charge in [0.25, 0.3) is 0 Å². The maximum atomic E-state index is 12.7. The molecule has 22 heavy (non-hydrogen) atoms. The van der Waals surface area contributed by atoms with Crippen molar-refractivity contribution in [3.8, 4) is 22.8 Å². The van der Waals surface area contributed by atoms with E-state index in [2.05, 4.69) is 6.58 Å². The monoisotopic (exact) mass is 294 g/mol. The van der Waals surface area contributed by atoms with Crippen LogP contribution >= 0.6 is 0 Å². The molecule has 0 bridgehead atoms. The molecular formula is C18H14O4. The first kappa shape index (κ1) is 13.9. The molecule has 3 rings (SSSR count). The van der Waals surface area contributed by atoms with Crippen LogP contribution in [0.1, 0.15) is 5.56 Å². The Balaban J connectivity index is 2.42. The van der Waals surface area contributed by atoms with Gasteiger partial charge in [-0.15, -0.1) is 6.58 Å². The van der Waals surface area contributed by atoms with Crippen molar-refractivity contribution in [1.82, 2.24) is 0 Å². The molecule has 0 fully saturated rings. The van der Waals surface area contributed by atoms with E-state index in [0.29, 0.717) is 28.7 Å². The van der Waals surface area contributed by atoms with E-state index in [1.54, 1.807) is 24.3 Å². The molecule has 0 aliphatic rings. The van der Waals surface area contributed by atoms with Gasteiger partial charge in [-0.3, -0.25) is 4.79 Å². The molecule has 110 valence electrons. The van der Waals surface area contributed by atoms with Gasteiger partial charge in [-0.2, -0.15) is 0 Å². The van der Waals surface area contributed by atoms with Crippen molar-refractivity contribution in [2.45, 2.75) is 6.42 Å². The smallest absolute Gasteiger partial charge is 0.196 e. The molecule has 3 aromatic rings. The second-order valence-corrected chi connectivity index (χ2v) is 4.93. The Hall–Kier alpha value is -3.01. The van der Waals surface area contributed by atoms with Crippen LogP contribution in [0.2, 0.25) is 0 Å². The number of hydrogen-bond donors (Lipinski definition) is 2. The van der Waals surface area contributed by atoms with Gasteiger partial charge in [0.2, 0.25) is 0 Å². The lowest BCUT2D eigenvalue weighted by Gasteiger charge is -2.10. The fourth-order valence-electron chi connectivity index (χ4n) is 2.43. The van der Waals surface area contributed by atoms with Gasteiger partial charge >= 0.3 is 0 Å². The molecule has 4 heteroatoms. The number of allylic oxidation sites excluding steroid dienone is 1. The van der Waals surface area contributed by atoms with Crippen LogP contribution in [0.5, 0.6) is 11.5 Å². The van der Waals surface area contributed by atoms with Crippen molar-refractivity contribution in [2.24, 2.45) is 0 Å². The minimum Gasteiger partial charge on any atom is -0.508 e. The molecule has 0 spiro atoms. The average molecular weight is 294 g/mol. The van der Waals surface area contributed by atoms with E-state index in [1.165, 1.54) is 24.3 Å². The molecule has 0 unspecified atom stereocenters. The lowest BCUT2D eigenvalue weighted by Crippen LogP contribution is -2.10. The highest BCUT2D eigenvalue weighted by molar-refractivity contribution is 5.82. The van der Waals surface area contributed by atoms with E-state index in [0.717, 1.165) is 0 Å². The Morgan fingerprint density at radius 1 is 1.14 bits per heavy atom. The van der Waals surface area contributed by atoms with E-state index in [-0.39, 0.29) is 22.5 Å². The lowest BCUT2D eigenvalue weighted by molar-refractivity contribution is 0.472. The second-order valence-electron chi connectivity index (χ2n) is 4.93. The molecule has 0 atom stereocenters. The summed E-state index contributed by atoms with van der Waals surface area (Å²) in [5.74, 6) is 0.326. The summed E-state index contributed by atoms with van der Waals surface area (Å²) >= 11 is 0. The largest absolute Gasteiger partial charge is 0.508 e. The first-order chi connectivity index (χ1) is 10.6. The van der Waals surface area contributed by atoms with Crippen LogP contribution < -0.4 is 5.43 Å². The second kappa shape index (κ2) is 5.41. The molecule has 0 aliphatic heterocycles. The zero-order valence-corrected chi connectivity index (χ0v) is 11.7. The molecule has 0 amide bonds. The number of aromatic hydroxyl groups is 2.